The molecule has 5 fully saturated rings. The van der Waals surface area contributed by atoms with Crippen LogP contribution in [0.3, 0.4) is 0 Å². The number of hydrogen-bond acceptors (Lipinski definition) is 2. The second-order valence-electron chi connectivity index (χ2n) is 9.64. The van der Waals surface area contributed by atoms with Gasteiger partial charge in [-0.05, 0) is 79.7 Å². The standard InChI is InChI=1S/C23H30ClNOS/c24-20-4-2-1-3-19(20)21-5-6-25(7-8-27-21)22(26)15-23-12-16-9-17(13-23)11-18(10-16)14-23/h1-4,16-18,21H,5-15H2. The molecule has 1 heterocycles. The zero-order chi connectivity index (χ0) is 18.4. The van der Waals surface area contributed by atoms with Crippen LogP contribution >= 0.6 is 23.4 Å². The summed E-state index contributed by atoms with van der Waals surface area (Å²) in [7, 11) is 0. The molecule has 4 aliphatic carbocycles. The molecule has 4 saturated carbocycles. The normalized spacial score (nSPS) is 38.0. The summed E-state index contributed by atoms with van der Waals surface area (Å²) in [6, 6.07) is 8.20. The molecule has 5 aliphatic rings. The number of hydrogen-bond donors (Lipinski definition) is 0. The van der Waals surface area contributed by atoms with E-state index >= 15 is 0 Å². The van der Waals surface area contributed by atoms with E-state index in [4.69, 9.17) is 11.6 Å². The number of rotatable bonds is 3. The fourth-order valence-electron chi connectivity index (χ4n) is 6.94. The van der Waals surface area contributed by atoms with E-state index in [-0.39, 0.29) is 0 Å². The van der Waals surface area contributed by atoms with Crippen molar-refractivity contribution in [3.63, 3.8) is 0 Å². The summed E-state index contributed by atoms with van der Waals surface area (Å²) >= 11 is 8.38. The van der Waals surface area contributed by atoms with Crippen molar-refractivity contribution in [3.8, 4) is 0 Å². The van der Waals surface area contributed by atoms with Gasteiger partial charge in [0.15, 0.2) is 0 Å². The lowest BCUT2D eigenvalue weighted by molar-refractivity contribution is -0.139. The summed E-state index contributed by atoms with van der Waals surface area (Å²) in [5.74, 6) is 4.22. The number of halogens is 1. The van der Waals surface area contributed by atoms with E-state index in [1.165, 1.54) is 44.1 Å². The Bertz CT molecular complexity index is 685. The van der Waals surface area contributed by atoms with Crippen molar-refractivity contribution >= 4 is 29.3 Å². The van der Waals surface area contributed by atoms with Crippen LogP contribution in [0.1, 0.15) is 62.2 Å². The van der Waals surface area contributed by atoms with Crippen molar-refractivity contribution in [2.75, 3.05) is 18.8 Å². The molecule has 4 bridgehead atoms. The molecule has 1 amide bonds. The first-order valence-electron chi connectivity index (χ1n) is 10.7. The van der Waals surface area contributed by atoms with Crippen molar-refractivity contribution < 1.29 is 4.79 Å². The lowest BCUT2D eigenvalue weighted by Crippen LogP contribution is -2.48. The number of thioether (sulfide) groups is 1. The van der Waals surface area contributed by atoms with Crippen LogP contribution < -0.4 is 0 Å². The summed E-state index contributed by atoms with van der Waals surface area (Å²) in [6.45, 7) is 1.78. The molecule has 0 aromatic heterocycles. The first-order chi connectivity index (χ1) is 13.1. The van der Waals surface area contributed by atoms with Crippen molar-refractivity contribution in [3.05, 3.63) is 34.9 Å². The maximum atomic E-state index is 13.2. The summed E-state index contributed by atoms with van der Waals surface area (Å²) in [4.78, 5) is 15.4. The Morgan fingerprint density at radius 3 is 2.41 bits per heavy atom. The Balaban J connectivity index is 1.23. The van der Waals surface area contributed by atoms with Gasteiger partial charge in [0, 0.05) is 35.5 Å². The molecule has 6 rings (SSSR count). The number of nitrogens with zero attached hydrogens (tertiary/aromatic N) is 1. The van der Waals surface area contributed by atoms with Crippen LogP contribution in [0.2, 0.25) is 5.02 Å². The van der Waals surface area contributed by atoms with E-state index in [0.717, 1.165) is 54.5 Å². The van der Waals surface area contributed by atoms with Crippen LogP contribution in [0.4, 0.5) is 0 Å². The molecule has 1 aliphatic heterocycles. The largest absolute Gasteiger partial charge is 0.342 e. The molecule has 27 heavy (non-hydrogen) atoms. The molecule has 1 aromatic rings. The molecule has 1 atom stereocenters. The average Bonchev–Trinajstić information content (AvgIpc) is 2.87. The van der Waals surface area contributed by atoms with E-state index in [1.54, 1.807) is 0 Å². The molecule has 0 radical (unpaired) electrons. The number of carbonyl (C=O) groups excluding carboxylic acids is 1. The smallest absolute Gasteiger partial charge is 0.223 e. The number of amides is 1. The third-order valence-corrected chi connectivity index (χ3v) is 9.29. The van der Waals surface area contributed by atoms with Crippen LogP contribution in [-0.4, -0.2) is 29.6 Å². The third kappa shape index (κ3) is 3.67. The molecule has 0 N–H and O–H groups in total. The van der Waals surface area contributed by atoms with Crippen LogP contribution in [0.25, 0.3) is 0 Å². The predicted octanol–water partition coefficient (Wildman–Crippen LogP) is 5.95. The Morgan fingerprint density at radius 2 is 1.74 bits per heavy atom. The quantitative estimate of drug-likeness (QED) is 0.621. The predicted molar refractivity (Wildman–Crippen MR) is 113 cm³/mol. The first-order valence-corrected chi connectivity index (χ1v) is 12.2. The minimum atomic E-state index is 0.355. The SMILES string of the molecule is O=C(CC12CC3CC(CC(C3)C1)C2)N1CCSC(c2ccccc2Cl)CC1. The van der Waals surface area contributed by atoms with Crippen LogP contribution in [0, 0.1) is 23.2 Å². The summed E-state index contributed by atoms with van der Waals surface area (Å²) < 4.78 is 0. The Morgan fingerprint density at radius 1 is 1.07 bits per heavy atom. The third-order valence-electron chi connectivity index (χ3n) is 7.64. The molecule has 4 heteroatoms. The lowest BCUT2D eigenvalue weighted by Gasteiger charge is -2.57. The number of carbonyl (C=O) groups is 1. The zero-order valence-electron chi connectivity index (χ0n) is 16.0. The molecular formula is C23H30ClNOS. The minimum Gasteiger partial charge on any atom is -0.342 e. The van der Waals surface area contributed by atoms with Gasteiger partial charge in [-0.15, -0.1) is 0 Å². The Kier molecular flexibility index (Phi) is 4.96. The van der Waals surface area contributed by atoms with Gasteiger partial charge in [-0.1, -0.05) is 29.8 Å². The van der Waals surface area contributed by atoms with E-state index in [9.17, 15) is 4.79 Å². The topological polar surface area (TPSA) is 20.3 Å². The van der Waals surface area contributed by atoms with Crippen molar-refractivity contribution in [1.29, 1.82) is 0 Å². The summed E-state index contributed by atoms with van der Waals surface area (Å²) in [5.41, 5.74) is 1.59. The second-order valence-corrected chi connectivity index (χ2v) is 11.4. The van der Waals surface area contributed by atoms with Gasteiger partial charge in [-0.25, -0.2) is 0 Å². The lowest BCUT2D eigenvalue weighted by atomic mass is 9.49. The molecule has 2 nitrogen and oxygen atoms in total. The summed E-state index contributed by atoms with van der Waals surface area (Å²) in [6.07, 6.45) is 10.2. The van der Waals surface area contributed by atoms with Gasteiger partial charge >= 0.3 is 0 Å². The highest BCUT2D eigenvalue weighted by atomic mass is 35.5. The molecule has 1 aromatic carbocycles. The van der Waals surface area contributed by atoms with E-state index in [2.05, 4.69) is 17.0 Å². The summed E-state index contributed by atoms with van der Waals surface area (Å²) in [5, 5.41) is 1.28. The second kappa shape index (κ2) is 7.30. The maximum absolute atomic E-state index is 13.2. The zero-order valence-corrected chi connectivity index (χ0v) is 17.6. The van der Waals surface area contributed by atoms with Gasteiger partial charge in [-0.2, -0.15) is 11.8 Å². The fourth-order valence-corrected chi connectivity index (χ4v) is 8.54. The van der Waals surface area contributed by atoms with Gasteiger partial charge in [0.25, 0.3) is 0 Å². The minimum absolute atomic E-state index is 0.355. The van der Waals surface area contributed by atoms with Crippen molar-refractivity contribution in [1.82, 2.24) is 4.90 Å². The van der Waals surface area contributed by atoms with Gasteiger partial charge in [-0.3, -0.25) is 4.79 Å². The van der Waals surface area contributed by atoms with Gasteiger partial charge in [0.05, 0.1) is 0 Å². The number of benzene rings is 1. The molecule has 1 saturated heterocycles. The Labute approximate surface area is 172 Å². The maximum Gasteiger partial charge on any atom is 0.223 e. The van der Waals surface area contributed by atoms with Gasteiger partial charge < -0.3 is 4.90 Å². The first kappa shape index (κ1) is 18.4. The molecule has 146 valence electrons. The van der Waals surface area contributed by atoms with Crippen molar-refractivity contribution in [2.45, 2.75) is 56.6 Å². The molecule has 1 unspecified atom stereocenters. The van der Waals surface area contributed by atoms with Gasteiger partial charge in [0.2, 0.25) is 5.91 Å². The van der Waals surface area contributed by atoms with Crippen LogP contribution in [0.5, 0.6) is 0 Å². The monoisotopic (exact) mass is 403 g/mol. The van der Waals surface area contributed by atoms with Crippen LogP contribution in [-0.2, 0) is 4.79 Å². The van der Waals surface area contributed by atoms with Crippen LogP contribution in [0.15, 0.2) is 24.3 Å². The van der Waals surface area contributed by atoms with Gasteiger partial charge in [0.1, 0.15) is 0 Å². The highest BCUT2D eigenvalue weighted by Gasteiger charge is 2.51. The fraction of sp³-hybridized carbons (Fsp3) is 0.696. The van der Waals surface area contributed by atoms with E-state index < -0.39 is 0 Å². The highest BCUT2D eigenvalue weighted by molar-refractivity contribution is 7.99. The highest BCUT2D eigenvalue weighted by Crippen LogP contribution is 2.61. The van der Waals surface area contributed by atoms with E-state index in [1.807, 2.05) is 23.9 Å². The Hall–Kier alpha value is -0.670. The average molecular weight is 404 g/mol. The van der Waals surface area contributed by atoms with Crippen molar-refractivity contribution in [2.24, 2.45) is 23.2 Å². The molecular weight excluding hydrogens is 374 g/mol. The van der Waals surface area contributed by atoms with E-state index in [0.29, 0.717) is 16.6 Å². The molecule has 0 spiro atoms.